The monoisotopic (exact) mass is 307 g/mol. The maximum absolute atomic E-state index is 12.2. The van der Waals surface area contributed by atoms with Crippen LogP contribution in [0.3, 0.4) is 0 Å². The Balaban J connectivity index is 1.81. The average Bonchev–Trinajstić information content (AvgIpc) is 3.05. The minimum atomic E-state index is -0.167. The third-order valence-electron chi connectivity index (χ3n) is 3.95. The molecular formula is C16H25N3O3. The molecule has 2 heterocycles. The number of piperazine rings is 1. The normalized spacial score (nSPS) is 17.5. The quantitative estimate of drug-likeness (QED) is 0.887. The van der Waals surface area contributed by atoms with Gasteiger partial charge in [0, 0.05) is 32.7 Å². The van der Waals surface area contributed by atoms with Crippen LogP contribution < -0.4 is 5.32 Å². The van der Waals surface area contributed by atoms with Gasteiger partial charge in [0.25, 0.3) is 5.91 Å². The first-order valence-corrected chi connectivity index (χ1v) is 7.83. The summed E-state index contributed by atoms with van der Waals surface area (Å²) in [6, 6.07) is 3.22. The van der Waals surface area contributed by atoms with E-state index in [1.807, 2.05) is 6.92 Å². The van der Waals surface area contributed by atoms with Gasteiger partial charge in [-0.15, -0.1) is 0 Å². The summed E-state index contributed by atoms with van der Waals surface area (Å²) in [5, 5.41) is 2.96. The molecule has 0 aliphatic carbocycles. The molecule has 1 aliphatic rings. The largest absolute Gasteiger partial charge is 0.459 e. The zero-order valence-corrected chi connectivity index (χ0v) is 13.5. The van der Waals surface area contributed by atoms with Crippen molar-refractivity contribution in [1.82, 2.24) is 15.1 Å². The topological polar surface area (TPSA) is 65.8 Å². The Labute approximate surface area is 131 Å². The van der Waals surface area contributed by atoms with Crippen molar-refractivity contribution in [3.63, 3.8) is 0 Å². The number of carbonyl (C=O) groups is 2. The van der Waals surface area contributed by atoms with E-state index in [0.717, 1.165) is 0 Å². The van der Waals surface area contributed by atoms with E-state index in [1.165, 1.54) is 6.26 Å². The fourth-order valence-electron chi connectivity index (χ4n) is 2.49. The first kappa shape index (κ1) is 16.5. The Morgan fingerprint density at radius 2 is 1.91 bits per heavy atom. The molecule has 1 aromatic rings. The third-order valence-corrected chi connectivity index (χ3v) is 3.95. The highest BCUT2D eigenvalue weighted by Crippen LogP contribution is 2.11. The Morgan fingerprint density at radius 3 is 2.45 bits per heavy atom. The van der Waals surface area contributed by atoms with Crippen molar-refractivity contribution >= 4 is 11.8 Å². The summed E-state index contributed by atoms with van der Waals surface area (Å²) in [6.45, 7) is 9.38. The van der Waals surface area contributed by atoms with Crippen molar-refractivity contribution in [2.45, 2.75) is 26.8 Å². The zero-order chi connectivity index (χ0) is 16.1. The van der Waals surface area contributed by atoms with E-state index in [0.29, 0.717) is 44.4 Å². The summed E-state index contributed by atoms with van der Waals surface area (Å²) in [5.74, 6) is 0.788. The van der Waals surface area contributed by atoms with Crippen molar-refractivity contribution in [3.05, 3.63) is 24.2 Å². The van der Waals surface area contributed by atoms with Crippen molar-refractivity contribution in [2.24, 2.45) is 5.92 Å². The number of amides is 2. The molecule has 0 bridgehead atoms. The lowest BCUT2D eigenvalue weighted by atomic mass is 10.2. The van der Waals surface area contributed by atoms with E-state index in [9.17, 15) is 9.59 Å². The van der Waals surface area contributed by atoms with Gasteiger partial charge in [0.15, 0.2) is 5.76 Å². The number of hydrogen-bond donors (Lipinski definition) is 1. The lowest BCUT2D eigenvalue weighted by Gasteiger charge is -2.37. The predicted octanol–water partition coefficient (Wildman–Crippen LogP) is 1.20. The van der Waals surface area contributed by atoms with E-state index < -0.39 is 0 Å². The molecule has 2 amide bonds. The van der Waals surface area contributed by atoms with Crippen LogP contribution in [0.25, 0.3) is 0 Å². The van der Waals surface area contributed by atoms with Crippen molar-refractivity contribution in [3.8, 4) is 0 Å². The van der Waals surface area contributed by atoms with Crippen LogP contribution in [0.4, 0.5) is 0 Å². The molecule has 1 atom stereocenters. The van der Waals surface area contributed by atoms with Gasteiger partial charge < -0.3 is 14.6 Å². The standard InChI is InChI=1S/C16H25N3O3/c1-12(2)11-17-15(20)13(3)18-6-8-19(9-7-18)16(21)14-5-4-10-22-14/h4-5,10,12-13H,6-9,11H2,1-3H3,(H,17,20). The van der Waals surface area contributed by atoms with Crippen LogP contribution in [-0.2, 0) is 4.79 Å². The molecular weight excluding hydrogens is 282 g/mol. The van der Waals surface area contributed by atoms with Crippen LogP contribution in [0.2, 0.25) is 0 Å². The predicted molar refractivity (Wildman–Crippen MR) is 83.5 cm³/mol. The second-order valence-electron chi connectivity index (χ2n) is 6.12. The number of rotatable bonds is 5. The van der Waals surface area contributed by atoms with Gasteiger partial charge in [-0.05, 0) is 25.0 Å². The smallest absolute Gasteiger partial charge is 0.289 e. The summed E-state index contributed by atoms with van der Waals surface area (Å²) in [6.07, 6.45) is 1.50. The Morgan fingerprint density at radius 1 is 1.23 bits per heavy atom. The molecule has 1 fully saturated rings. The van der Waals surface area contributed by atoms with Gasteiger partial charge >= 0.3 is 0 Å². The zero-order valence-electron chi connectivity index (χ0n) is 13.5. The van der Waals surface area contributed by atoms with Gasteiger partial charge in [0.1, 0.15) is 0 Å². The molecule has 2 rings (SSSR count). The second kappa shape index (κ2) is 7.45. The maximum Gasteiger partial charge on any atom is 0.289 e. The van der Waals surface area contributed by atoms with Crippen LogP contribution >= 0.6 is 0 Å². The van der Waals surface area contributed by atoms with E-state index >= 15 is 0 Å². The molecule has 0 saturated carbocycles. The Kier molecular flexibility index (Phi) is 5.60. The van der Waals surface area contributed by atoms with Gasteiger partial charge in [-0.3, -0.25) is 14.5 Å². The molecule has 0 aromatic carbocycles. The SMILES string of the molecule is CC(C)CNC(=O)C(C)N1CCN(C(=O)c2ccco2)CC1. The van der Waals surface area contributed by atoms with Crippen molar-refractivity contribution < 1.29 is 14.0 Å². The van der Waals surface area contributed by atoms with Crippen LogP contribution in [0.5, 0.6) is 0 Å². The molecule has 1 N–H and O–H groups in total. The van der Waals surface area contributed by atoms with Gasteiger partial charge in [0.05, 0.1) is 12.3 Å². The summed E-state index contributed by atoms with van der Waals surface area (Å²) in [5.41, 5.74) is 0. The highest BCUT2D eigenvalue weighted by atomic mass is 16.3. The fourth-order valence-corrected chi connectivity index (χ4v) is 2.49. The van der Waals surface area contributed by atoms with Crippen LogP contribution in [0.15, 0.2) is 22.8 Å². The molecule has 6 heteroatoms. The molecule has 122 valence electrons. The van der Waals surface area contributed by atoms with E-state index in [2.05, 4.69) is 24.1 Å². The Hall–Kier alpha value is -1.82. The fraction of sp³-hybridized carbons (Fsp3) is 0.625. The molecule has 1 saturated heterocycles. The summed E-state index contributed by atoms with van der Waals surface area (Å²) < 4.78 is 5.15. The highest BCUT2D eigenvalue weighted by molar-refractivity contribution is 5.91. The molecule has 1 aromatic heterocycles. The first-order chi connectivity index (χ1) is 10.5. The Bertz CT molecular complexity index is 491. The van der Waals surface area contributed by atoms with Gasteiger partial charge in [-0.2, -0.15) is 0 Å². The van der Waals surface area contributed by atoms with Gasteiger partial charge in [-0.25, -0.2) is 0 Å². The number of furan rings is 1. The summed E-state index contributed by atoms with van der Waals surface area (Å²) in [4.78, 5) is 28.2. The molecule has 0 radical (unpaired) electrons. The molecule has 6 nitrogen and oxygen atoms in total. The summed E-state index contributed by atoms with van der Waals surface area (Å²) in [7, 11) is 0. The lowest BCUT2D eigenvalue weighted by molar-refractivity contribution is -0.126. The molecule has 1 aliphatic heterocycles. The number of nitrogens with one attached hydrogen (secondary N) is 1. The number of carbonyl (C=O) groups excluding carboxylic acids is 2. The molecule has 1 unspecified atom stereocenters. The van der Waals surface area contributed by atoms with Crippen LogP contribution in [0, 0.1) is 5.92 Å². The van der Waals surface area contributed by atoms with Gasteiger partial charge in [0.2, 0.25) is 5.91 Å². The van der Waals surface area contributed by atoms with Crippen LogP contribution in [0.1, 0.15) is 31.3 Å². The molecule has 22 heavy (non-hydrogen) atoms. The van der Waals surface area contributed by atoms with Crippen molar-refractivity contribution in [2.75, 3.05) is 32.7 Å². The third kappa shape index (κ3) is 4.10. The summed E-state index contributed by atoms with van der Waals surface area (Å²) >= 11 is 0. The minimum absolute atomic E-state index is 0.0551. The van der Waals surface area contributed by atoms with E-state index in [1.54, 1.807) is 17.0 Å². The lowest BCUT2D eigenvalue weighted by Crippen LogP contribution is -2.55. The second-order valence-corrected chi connectivity index (χ2v) is 6.12. The minimum Gasteiger partial charge on any atom is -0.459 e. The average molecular weight is 307 g/mol. The maximum atomic E-state index is 12.2. The first-order valence-electron chi connectivity index (χ1n) is 7.83. The number of nitrogens with zero attached hydrogens (tertiary/aromatic N) is 2. The van der Waals surface area contributed by atoms with E-state index in [4.69, 9.17) is 4.42 Å². The van der Waals surface area contributed by atoms with Crippen LogP contribution in [-0.4, -0.2) is 60.4 Å². The van der Waals surface area contributed by atoms with E-state index in [-0.39, 0.29) is 17.9 Å². The highest BCUT2D eigenvalue weighted by Gasteiger charge is 2.28. The molecule has 0 spiro atoms. The van der Waals surface area contributed by atoms with Crippen molar-refractivity contribution in [1.29, 1.82) is 0 Å². The number of hydrogen-bond acceptors (Lipinski definition) is 4. The van der Waals surface area contributed by atoms with Gasteiger partial charge in [-0.1, -0.05) is 13.8 Å².